The molecule has 2 unspecified atom stereocenters. The highest BCUT2D eigenvalue weighted by atomic mass is 14.9. The second kappa shape index (κ2) is 8.31. The molecule has 1 heteroatoms. The lowest BCUT2D eigenvalue weighted by atomic mass is 9.77. The van der Waals surface area contributed by atoms with Gasteiger partial charge in [0.2, 0.25) is 0 Å². The van der Waals surface area contributed by atoms with E-state index < -0.39 is 0 Å². The Hall–Kier alpha value is -1.60. The van der Waals surface area contributed by atoms with Crippen LogP contribution in [-0.4, -0.2) is 13.1 Å². The molecule has 23 heavy (non-hydrogen) atoms. The molecule has 1 fully saturated rings. The van der Waals surface area contributed by atoms with Crippen molar-refractivity contribution in [3.8, 4) is 0 Å². The zero-order valence-corrected chi connectivity index (χ0v) is 14.3. The van der Waals surface area contributed by atoms with Crippen LogP contribution in [0.4, 0.5) is 0 Å². The zero-order chi connectivity index (χ0) is 15.9. The Morgan fingerprint density at radius 2 is 1.74 bits per heavy atom. The maximum absolute atomic E-state index is 3.61. The van der Waals surface area contributed by atoms with Crippen LogP contribution in [0.3, 0.4) is 0 Å². The minimum absolute atomic E-state index is 0.627. The fourth-order valence-corrected chi connectivity index (χ4v) is 3.99. The third-order valence-corrected chi connectivity index (χ3v) is 5.21. The largest absolute Gasteiger partial charge is 0.316 e. The number of piperidine rings is 1. The molecular weight excluding hydrogens is 278 g/mol. The Morgan fingerprint density at radius 1 is 1.00 bits per heavy atom. The second-order valence-corrected chi connectivity index (χ2v) is 6.85. The normalized spacial score (nSPS) is 19.4. The first-order valence-electron chi connectivity index (χ1n) is 9.21. The number of benzene rings is 2. The van der Waals surface area contributed by atoms with E-state index in [4.69, 9.17) is 0 Å². The van der Waals surface area contributed by atoms with Gasteiger partial charge in [0.25, 0.3) is 0 Å². The molecule has 2 aromatic rings. The van der Waals surface area contributed by atoms with E-state index >= 15 is 0 Å². The van der Waals surface area contributed by atoms with Crippen LogP contribution in [0.2, 0.25) is 0 Å². The maximum Gasteiger partial charge on any atom is -0.00145 e. The number of aryl methyl sites for hydroxylation is 1. The average molecular weight is 307 g/mol. The summed E-state index contributed by atoms with van der Waals surface area (Å²) in [6, 6.07) is 20.2. The molecule has 2 atom stereocenters. The van der Waals surface area contributed by atoms with Gasteiger partial charge in [0, 0.05) is 0 Å². The Balaban J connectivity index is 1.86. The smallest absolute Gasteiger partial charge is 0.00145 e. The van der Waals surface area contributed by atoms with E-state index in [1.165, 1.54) is 44.2 Å². The van der Waals surface area contributed by atoms with Crippen molar-refractivity contribution in [2.75, 3.05) is 13.1 Å². The Morgan fingerprint density at radius 3 is 2.43 bits per heavy atom. The van der Waals surface area contributed by atoms with E-state index in [2.05, 4.69) is 66.8 Å². The van der Waals surface area contributed by atoms with Crippen molar-refractivity contribution in [3.05, 3.63) is 71.3 Å². The van der Waals surface area contributed by atoms with Crippen molar-refractivity contribution in [2.45, 2.75) is 44.9 Å². The highest BCUT2D eigenvalue weighted by Gasteiger charge is 2.25. The molecule has 1 heterocycles. The summed E-state index contributed by atoms with van der Waals surface area (Å²) in [6.07, 6.45) is 6.25. The molecule has 0 amide bonds. The highest BCUT2D eigenvalue weighted by Crippen LogP contribution is 2.33. The van der Waals surface area contributed by atoms with E-state index in [-0.39, 0.29) is 0 Å². The maximum atomic E-state index is 3.61. The fourth-order valence-electron chi connectivity index (χ4n) is 3.99. The molecule has 0 spiro atoms. The van der Waals surface area contributed by atoms with Crippen molar-refractivity contribution in [2.24, 2.45) is 5.92 Å². The molecule has 1 aliphatic heterocycles. The van der Waals surface area contributed by atoms with Gasteiger partial charge in [-0.2, -0.15) is 0 Å². The van der Waals surface area contributed by atoms with Crippen LogP contribution in [0, 0.1) is 5.92 Å². The van der Waals surface area contributed by atoms with E-state index in [0.29, 0.717) is 5.92 Å². The highest BCUT2D eigenvalue weighted by molar-refractivity contribution is 5.31. The monoisotopic (exact) mass is 307 g/mol. The quantitative estimate of drug-likeness (QED) is 0.795. The molecule has 0 saturated carbocycles. The van der Waals surface area contributed by atoms with Gasteiger partial charge in [0.1, 0.15) is 0 Å². The van der Waals surface area contributed by atoms with Gasteiger partial charge in [-0.3, -0.25) is 0 Å². The molecule has 1 aliphatic rings. The van der Waals surface area contributed by atoms with E-state index in [1.807, 2.05) is 0 Å². The molecule has 0 bridgehead atoms. The van der Waals surface area contributed by atoms with Crippen LogP contribution in [0.5, 0.6) is 0 Å². The van der Waals surface area contributed by atoms with E-state index in [0.717, 1.165) is 12.5 Å². The second-order valence-electron chi connectivity index (χ2n) is 6.85. The summed E-state index contributed by atoms with van der Waals surface area (Å²) in [7, 11) is 0. The van der Waals surface area contributed by atoms with Crippen LogP contribution in [0.25, 0.3) is 0 Å². The lowest BCUT2D eigenvalue weighted by Crippen LogP contribution is -2.34. The third-order valence-electron chi connectivity index (χ3n) is 5.21. The molecule has 122 valence electrons. The van der Waals surface area contributed by atoms with Crippen molar-refractivity contribution in [3.63, 3.8) is 0 Å². The summed E-state index contributed by atoms with van der Waals surface area (Å²) in [4.78, 5) is 0. The predicted octanol–water partition coefficient (Wildman–Crippen LogP) is 4.97. The molecule has 0 aromatic heterocycles. The number of nitrogens with one attached hydrogen (secondary N) is 1. The summed E-state index contributed by atoms with van der Waals surface area (Å²) in [5.41, 5.74) is 4.60. The van der Waals surface area contributed by atoms with Crippen LogP contribution in [-0.2, 0) is 12.8 Å². The van der Waals surface area contributed by atoms with Gasteiger partial charge in [0.05, 0.1) is 0 Å². The fraction of sp³-hybridized carbons (Fsp3) is 0.455. The lowest BCUT2D eigenvalue weighted by Gasteiger charge is -2.32. The Kier molecular flexibility index (Phi) is 5.87. The van der Waals surface area contributed by atoms with Gasteiger partial charge in [-0.15, -0.1) is 0 Å². The van der Waals surface area contributed by atoms with Crippen LogP contribution < -0.4 is 5.32 Å². The van der Waals surface area contributed by atoms with Gasteiger partial charge in [0.15, 0.2) is 0 Å². The average Bonchev–Trinajstić information content (AvgIpc) is 2.63. The van der Waals surface area contributed by atoms with Crippen molar-refractivity contribution < 1.29 is 0 Å². The number of hydrogen-bond donors (Lipinski definition) is 1. The molecule has 3 rings (SSSR count). The van der Waals surface area contributed by atoms with Gasteiger partial charge in [-0.25, -0.2) is 0 Å². The molecule has 1 N–H and O–H groups in total. The molecule has 2 aromatic carbocycles. The third kappa shape index (κ3) is 4.23. The molecule has 0 aliphatic carbocycles. The first kappa shape index (κ1) is 16.3. The van der Waals surface area contributed by atoms with Crippen LogP contribution in [0.1, 0.15) is 48.8 Å². The predicted molar refractivity (Wildman–Crippen MR) is 98.9 cm³/mol. The summed E-state index contributed by atoms with van der Waals surface area (Å²) in [6.45, 7) is 4.62. The SMILES string of the molecule is CCCc1ccccc1CC(c1ccccc1)C1CCCNC1. The van der Waals surface area contributed by atoms with Gasteiger partial charge < -0.3 is 5.32 Å². The molecule has 1 saturated heterocycles. The van der Waals surface area contributed by atoms with E-state index in [1.54, 1.807) is 11.1 Å². The van der Waals surface area contributed by atoms with Crippen molar-refractivity contribution in [1.29, 1.82) is 0 Å². The summed E-state index contributed by atoms with van der Waals surface area (Å²) in [5.74, 6) is 1.38. The van der Waals surface area contributed by atoms with E-state index in [9.17, 15) is 0 Å². The molecular formula is C22H29N. The molecule has 1 nitrogen and oxygen atoms in total. The van der Waals surface area contributed by atoms with Crippen LogP contribution in [0.15, 0.2) is 54.6 Å². The molecule has 0 radical (unpaired) electrons. The minimum Gasteiger partial charge on any atom is -0.316 e. The topological polar surface area (TPSA) is 12.0 Å². The van der Waals surface area contributed by atoms with Crippen molar-refractivity contribution >= 4 is 0 Å². The zero-order valence-electron chi connectivity index (χ0n) is 14.3. The van der Waals surface area contributed by atoms with Crippen LogP contribution >= 0.6 is 0 Å². The Bertz CT molecular complexity index is 584. The number of rotatable bonds is 6. The van der Waals surface area contributed by atoms with Crippen molar-refractivity contribution in [1.82, 2.24) is 5.32 Å². The van der Waals surface area contributed by atoms with Gasteiger partial charge >= 0.3 is 0 Å². The first-order chi connectivity index (χ1) is 11.4. The summed E-state index contributed by atoms with van der Waals surface area (Å²) >= 11 is 0. The van der Waals surface area contributed by atoms with Gasteiger partial charge in [-0.05, 0) is 67.3 Å². The Labute approximate surface area is 141 Å². The first-order valence-corrected chi connectivity index (χ1v) is 9.21. The minimum atomic E-state index is 0.627. The van der Waals surface area contributed by atoms with Gasteiger partial charge in [-0.1, -0.05) is 67.9 Å². The lowest BCUT2D eigenvalue weighted by molar-refractivity contribution is 0.320. The summed E-state index contributed by atoms with van der Waals surface area (Å²) in [5, 5.41) is 3.61. The number of hydrogen-bond acceptors (Lipinski definition) is 1. The summed E-state index contributed by atoms with van der Waals surface area (Å²) < 4.78 is 0. The standard InChI is InChI=1S/C22H29N/c1-2-9-18-10-6-7-13-20(18)16-22(19-11-4-3-5-12-19)21-14-8-15-23-17-21/h3-7,10-13,21-23H,2,8-9,14-17H2,1H3.